The number of hydrogen-bond acceptors (Lipinski definition) is 3. The van der Waals surface area contributed by atoms with Crippen molar-refractivity contribution in [1.29, 1.82) is 0 Å². The summed E-state index contributed by atoms with van der Waals surface area (Å²) in [4.78, 5) is 21.7. The van der Waals surface area contributed by atoms with Gasteiger partial charge >= 0.3 is 5.97 Å². The van der Waals surface area contributed by atoms with E-state index in [1.165, 1.54) is 6.07 Å². The second-order valence-corrected chi connectivity index (χ2v) is 3.46. The van der Waals surface area contributed by atoms with Crippen LogP contribution in [0.4, 0.5) is 0 Å². The number of hydrogen-bond donors (Lipinski definition) is 1. The number of benzene rings is 1. The maximum Gasteiger partial charge on any atom is 0.339 e. The van der Waals surface area contributed by atoms with Crippen molar-refractivity contribution in [3.63, 3.8) is 0 Å². The van der Waals surface area contributed by atoms with E-state index in [1.807, 2.05) is 0 Å². The predicted octanol–water partition coefficient (Wildman–Crippen LogP) is 1.75. The van der Waals surface area contributed by atoms with E-state index in [-0.39, 0.29) is 5.56 Å². The van der Waals surface area contributed by atoms with Crippen LogP contribution in [0.25, 0.3) is 6.08 Å². The molecule has 1 aromatic rings. The molecule has 1 aromatic carbocycles. The highest BCUT2D eigenvalue weighted by atomic mass is 16.5. The van der Waals surface area contributed by atoms with Crippen LogP contribution in [-0.2, 0) is 4.79 Å². The monoisotopic (exact) mass is 218 g/mol. The van der Waals surface area contributed by atoms with Crippen molar-refractivity contribution in [1.82, 2.24) is 0 Å². The molecular formula is C12H10O4. The van der Waals surface area contributed by atoms with Gasteiger partial charge in [0.1, 0.15) is 17.6 Å². The van der Waals surface area contributed by atoms with Gasteiger partial charge in [-0.25, -0.2) is 4.79 Å². The molecular weight excluding hydrogens is 208 g/mol. The fourth-order valence-electron chi connectivity index (χ4n) is 1.63. The third-order valence-corrected chi connectivity index (χ3v) is 2.41. The van der Waals surface area contributed by atoms with Gasteiger partial charge in [0.25, 0.3) is 0 Å². The van der Waals surface area contributed by atoms with Gasteiger partial charge in [0, 0.05) is 12.0 Å². The topological polar surface area (TPSA) is 63.6 Å². The van der Waals surface area contributed by atoms with E-state index < -0.39 is 5.97 Å². The number of para-hydroxylation sites is 1. The molecule has 82 valence electrons. The van der Waals surface area contributed by atoms with Crippen LogP contribution < -0.4 is 4.74 Å². The number of aromatic carboxylic acids is 1. The van der Waals surface area contributed by atoms with Crippen LogP contribution in [0.15, 0.2) is 23.8 Å². The number of carboxylic acids is 1. The maximum absolute atomic E-state index is 11.0. The third-order valence-electron chi connectivity index (χ3n) is 2.41. The number of carboxylic acid groups (broad SMARTS) is 1. The zero-order valence-electron chi connectivity index (χ0n) is 8.47. The quantitative estimate of drug-likeness (QED) is 0.768. The zero-order chi connectivity index (χ0) is 11.5. The molecule has 0 amide bonds. The van der Waals surface area contributed by atoms with Crippen LogP contribution in [0.5, 0.6) is 5.75 Å². The number of carbonyl (C=O) groups is 2. The molecule has 0 bridgehead atoms. The lowest BCUT2D eigenvalue weighted by atomic mass is 10.1. The summed E-state index contributed by atoms with van der Waals surface area (Å²) < 4.78 is 5.38. The van der Waals surface area contributed by atoms with Crippen LogP contribution in [0.3, 0.4) is 0 Å². The molecule has 0 radical (unpaired) electrons. The number of rotatable bonds is 2. The highest BCUT2D eigenvalue weighted by molar-refractivity contribution is 5.93. The molecule has 0 unspecified atom stereocenters. The highest BCUT2D eigenvalue weighted by Gasteiger charge is 2.17. The van der Waals surface area contributed by atoms with E-state index in [2.05, 4.69) is 0 Å². The lowest BCUT2D eigenvalue weighted by molar-refractivity contribution is -0.105. The first-order valence-electron chi connectivity index (χ1n) is 4.87. The van der Waals surface area contributed by atoms with Crippen LogP contribution in [0.1, 0.15) is 22.3 Å². The van der Waals surface area contributed by atoms with Crippen molar-refractivity contribution in [3.05, 3.63) is 34.9 Å². The van der Waals surface area contributed by atoms with Crippen molar-refractivity contribution < 1.29 is 19.4 Å². The Labute approximate surface area is 92.2 Å². The molecule has 0 aromatic heterocycles. The average molecular weight is 218 g/mol. The average Bonchev–Trinajstić information content (AvgIpc) is 2.49. The van der Waals surface area contributed by atoms with Crippen molar-refractivity contribution in [2.45, 2.75) is 6.42 Å². The Morgan fingerprint density at radius 2 is 2.25 bits per heavy atom. The number of fused-ring (bicyclic) bond motifs is 1. The molecule has 0 aliphatic carbocycles. The van der Waals surface area contributed by atoms with Gasteiger partial charge in [0.2, 0.25) is 0 Å². The molecule has 0 spiro atoms. The summed E-state index contributed by atoms with van der Waals surface area (Å²) in [6.07, 6.45) is 2.94. The van der Waals surface area contributed by atoms with Gasteiger partial charge in [-0.3, -0.25) is 4.79 Å². The molecule has 0 atom stereocenters. The normalized spacial score (nSPS) is 14.1. The smallest absolute Gasteiger partial charge is 0.339 e. The molecule has 2 rings (SSSR count). The number of ether oxygens (including phenoxy) is 1. The molecule has 4 heteroatoms. The Morgan fingerprint density at radius 1 is 1.44 bits per heavy atom. The van der Waals surface area contributed by atoms with Crippen molar-refractivity contribution in [2.75, 3.05) is 6.61 Å². The fourth-order valence-corrected chi connectivity index (χ4v) is 1.63. The molecule has 1 aliphatic heterocycles. The summed E-state index contributed by atoms with van der Waals surface area (Å²) in [5, 5.41) is 8.99. The SMILES string of the molecule is O=CC1=Cc2cccc(C(=O)O)c2OCC1. The lowest BCUT2D eigenvalue weighted by Gasteiger charge is -2.08. The second-order valence-electron chi connectivity index (χ2n) is 3.46. The minimum Gasteiger partial charge on any atom is -0.492 e. The summed E-state index contributed by atoms with van der Waals surface area (Å²) in [5.74, 6) is -0.688. The Morgan fingerprint density at radius 3 is 2.94 bits per heavy atom. The second kappa shape index (κ2) is 4.18. The lowest BCUT2D eigenvalue weighted by Crippen LogP contribution is -2.04. The summed E-state index contributed by atoms with van der Waals surface area (Å²) in [6, 6.07) is 4.85. The largest absolute Gasteiger partial charge is 0.492 e. The van der Waals surface area contributed by atoms with E-state index in [0.717, 1.165) is 6.29 Å². The van der Waals surface area contributed by atoms with E-state index in [4.69, 9.17) is 9.84 Å². The number of carbonyl (C=O) groups excluding carboxylic acids is 1. The van der Waals surface area contributed by atoms with Gasteiger partial charge in [-0.2, -0.15) is 0 Å². The van der Waals surface area contributed by atoms with Crippen molar-refractivity contribution in [2.24, 2.45) is 0 Å². The molecule has 0 saturated heterocycles. The Bertz CT molecular complexity index is 474. The van der Waals surface area contributed by atoms with E-state index in [9.17, 15) is 9.59 Å². The van der Waals surface area contributed by atoms with Gasteiger partial charge in [0.05, 0.1) is 6.61 Å². The van der Waals surface area contributed by atoms with Crippen molar-refractivity contribution in [3.8, 4) is 5.75 Å². The predicted molar refractivity (Wildman–Crippen MR) is 57.6 cm³/mol. The Hall–Kier alpha value is -2.10. The van der Waals surface area contributed by atoms with E-state index >= 15 is 0 Å². The van der Waals surface area contributed by atoms with Gasteiger partial charge in [-0.1, -0.05) is 12.1 Å². The first-order chi connectivity index (χ1) is 7.72. The summed E-state index contributed by atoms with van der Waals surface area (Å²) >= 11 is 0. The summed E-state index contributed by atoms with van der Waals surface area (Å²) in [5.41, 5.74) is 1.38. The molecule has 16 heavy (non-hydrogen) atoms. The number of aldehydes is 1. The maximum atomic E-state index is 11.0. The summed E-state index contributed by atoms with van der Waals surface area (Å²) in [7, 11) is 0. The first kappa shape index (κ1) is 10.4. The van der Waals surface area contributed by atoms with Crippen LogP contribution >= 0.6 is 0 Å². The Kier molecular flexibility index (Phi) is 2.72. The minimum absolute atomic E-state index is 0.126. The van der Waals surface area contributed by atoms with Crippen molar-refractivity contribution >= 4 is 18.3 Å². The van der Waals surface area contributed by atoms with Gasteiger partial charge in [-0.15, -0.1) is 0 Å². The van der Waals surface area contributed by atoms with Gasteiger partial charge in [0.15, 0.2) is 0 Å². The molecule has 0 saturated carbocycles. The van der Waals surface area contributed by atoms with Gasteiger partial charge < -0.3 is 9.84 Å². The van der Waals surface area contributed by atoms with Crippen LogP contribution in [0.2, 0.25) is 0 Å². The standard InChI is InChI=1S/C12H10O4/c13-7-8-4-5-16-11-9(6-8)2-1-3-10(11)12(14)15/h1-3,6-7H,4-5H2,(H,14,15). The zero-order valence-corrected chi connectivity index (χ0v) is 8.47. The Balaban J connectivity index is 2.56. The molecule has 1 heterocycles. The fraction of sp³-hybridized carbons (Fsp3) is 0.167. The van der Waals surface area contributed by atoms with E-state index in [1.54, 1.807) is 18.2 Å². The minimum atomic E-state index is -1.03. The highest BCUT2D eigenvalue weighted by Crippen LogP contribution is 2.29. The molecule has 1 aliphatic rings. The van der Waals surface area contributed by atoms with Crippen LogP contribution in [-0.4, -0.2) is 24.0 Å². The molecule has 1 N–H and O–H groups in total. The third kappa shape index (κ3) is 1.82. The van der Waals surface area contributed by atoms with E-state index in [0.29, 0.717) is 29.9 Å². The first-order valence-corrected chi connectivity index (χ1v) is 4.87. The summed E-state index contributed by atoms with van der Waals surface area (Å²) in [6.45, 7) is 0.321. The van der Waals surface area contributed by atoms with Crippen LogP contribution in [0, 0.1) is 0 Å². The molecule has 4 nitrogen and oxygen atoms in total. The van der Waals surface area contributed by atoms with Gasteiger partial charge in [-0.05, 0) is 17.7 Å². The molecule has 0 fully saturated rings.